The minimum absolute atomic E-state index is 0.0319. The second-order valence-electron chi connectivity index (χ2n) is 7.37. The van der Waals surface area contributed by atoms with Crippen LogP contribution in [0.1, 0.15) is 31.8 Å². The van der Waals surface area contributed by atoms with Gasteiger partial charge in [-0.15, -0.1) is 0 Å². The average molecular weight is 379 g/mol. The standard InChI is InChI=1S/C22H25N3O3/c26-20-3-1-2-18(15-20)21(27)24-10-12-25(13-11-24)22(28)19-5-4-16-6-8-23-9-7-17(16)14-19/h1-5,14-15,23,26H,6-13H2. The van der Waals surface area contributed by atoms with Gasteiger partial charge in [0.25, 0.3) is 11.8 Å². The number of nitrogens with zero attached hydrogens (tertiary/aromatic N) is 2. The fraction of sp³-hybridized carbons (Fsp3) is 0.364. The van der Waals surface area contributed by atoms with Gasteiger partial charge in [-0.05, 0) is 67.4 Å². The van der Waals surface area contributed by atoms with Crippen LogP contribution in [0.25, 0.3) is 0 Å². The quantitative estimate of drug-likeness (QED) is 0.833. The van der Waals surface area contributed by atoms with Crippen molar-refractivity contribution in [2.45, 2.75) is 12.8 Å². The van der Waals surface area contributed by atoms with Crippen LogP contribution in [0.5, 0.6) is 5.75 Å². The summed E-state index contributed by atoms with van der Waals surface area (Å²) in [5.41, 5.74) is 3.78. The molecule has 6 heteroatoms. The van der Waals surface area contributed by atoms with Gasteiger partial charge in [-0.2, -0.15) is 0 Å². The topological polar surface area (TPSA) is 72.9 Å². The van der Waals surface area contributed by atoms with Crippen molar-refractivity contribution in [3.8, 4) is 5.75 Å². The van der Waals surface area contributed by atoms with Gasteiger partial charge in [-0.3, -0.25) is 9.59 Å². The maximum Gasteiger partial charge on any atom is 0.254 e. The molecule has 28 heavy (non-hydrogen) atoms. The predicted octanol–water partition coefficient (Wildman–Crippen LogP) is 1.68. The molecule has 6 nitrogen and oxygen atoms in total. The molecule has 1 fully saturated rings. The molecule has 2 N–H and O–H groups in total. The lowest BCUT2D eigenvalue weighted by Gasteiger charge is -2.35. The Hall–Kier alpha value is -2.86. The average Bonchev–Trinajstić information content (AvgIpc) is 2.97. The maximum absolute atomic E-state index is 12.9. The Balaban J connectivity index is 1.40. The Morgan fingerprint density at radius 1 is 0.786 bits per heavy atom. The van der Waals surface area contributed by atoms with Gasteiger partial charge in [-0.1, -0.05) is 12.1 Å². The van der Waals surface area contributed by atoms with E-state index in [1.54, 1.807) is 23.1 Å². The highest BCUT2D eigenvalue weighted by atomic mass is 16.3. The fourth-order valence-electron chi connectivity index (χ4n) is 3.92. The summed E-state index contributed by atoms with van der Waals surface area (Å²) in [5.74, 6) is 0.00284. The van der Waals surface area contributed by atoms with E-state index < -0.39 is 0 Å². The molecule has 0 bridgehead atoms. The number of amides is 2. The Kier molecular flexibility index (Phi) is 5.30. The molecule has 0 aliphatic carbocycles. The first-order chi connectivity index (χ1) is 13.6. The number of aromatic hydroxyl groups is 1. The van der Waals surface area contributed by atoms with E-state index in [1.807, 2.05) is 17.0 Å². The second kappa shape index (κ2) is 8.02. The fourth-order valence-corrected chi connectivity index (χ4v) is 3.92. The number of hydrogen-bond acceptors (Lipinski definition) is 4. The van der Waals surface area contributed by atoms with Crippen molar-refractivity contribution in [2.75, 3.05) is 39.3 Å². The molecule has 146 valence electrons. The van der Waals surface area contributed by atoms with Crippen LogP contribution >= 0.6 is 0 Å². The molecule has 2 aliphatic heterocycles. The number of phenols is 1. The van der Waals surface area contributed by atoms with Gasteiger partial charge >= 0.3 is 0 Å². The highest BCUT2D eigenvalue weighted by Gasteiger charge is 2.26. The lowest BCUT2D eigenvalue weighted by atomic mass is 9.99. The Bertz CT molecular complexity index is 888. The number of carbonyl (C=O) groups excluding carboxylic acids is 2. The first-order valence-electron chi connectivity index (χ1n) is 9.82. The lowest BCUT2D eigenvalue weighted by Crippen LogP contribution is -2.50. The Morgan fingerprint density at radius 3 is 2.04 bits per heavy atom. The van der Waals surface area contributed by atoms with E-state index >= 15 is 0 Å². The second-order valence-corrected chi connectivity index (χ2v) is 7.37. The lowest BCUT2D eigenvalue weighted by molar-refractivity contribution is 0.0535. The molecule has 2 heterocycles. The molecule has 0 spiro atoms. The van der Waals surface area contributed by atoms with Crippen LogP contribution in [0.2, 0.25) is 0 Å². The Morgan fingerprint density at radius 2 is 1.39 bits per heavy atom. The van der Waals surface area contributed by atoms with E-state index in [4.69, 9.17) is 0 Å². The molecule has 0 aromatic heterocycles. The van der Waals surface area contributed by atoms with Crippen LogP contribution in [-0.4, -0.2) is 66.0 Å². The van der Waals surface area contributed by atoms with Crippen LogP contribution in [0.15, 0.2) is 42.5 Å². The van der Waals surface area contributed by atoms with Crippen molar-refractivity contribution in [1.82, 2.24) is 15.1 Å². The van der Waals surface area contributed by atoms with Gasteiger partial charge in [0.15, 0.2) is 0 Å². The van der Waals surface area contributed by atoms with Crippen LogP contribution < -0.4 is 5.32 Å². The van der Waals surface area contributed by atoms with Gasteiger partial charge in [0.1, 0.15) is 5.75 Å². The van der Waals surface area contributed by atoms with Crippen LogP contribution in [0.3, 0.4) is 0 Å². The van der Waals surface area contributed by atoms with E-state index in [2.05, 4.69) is 11.4 Å². The van der Waals surface area contributed by atoms with Crippen LogP contribution in [-0.2, 0) is 12.8 Å². The monoisotopic (exact) mass is 379 g/mol. The predicted molar refractivity (Wildman–Crippen MR) is 107 cm³/mol. The minimum atomic E-state index is -0.111. The van der Waals surface area contributed by atoms with Crippen molar-refractivity contribution >= 4 is 11.8 Å². The number of fused-ring (bicyclic) bond motifs is 1. The van der Waals surface area contributed by atoms with E-state index in [0.29, 0.717) is 31.7 Å². The van der Waals surface area contributed by atoms with Gasteiger partial charge in [0, 0.05) is 37.3 Å². The third kappa shape index (κ3) is 3.87. The van der Waals surface area contributed by atoms with Crippen LogP contribution in [0.4, 0.5) is 0 Å². The zero-order valence-electron chi connectivity index (χ0n) is 15.9. The first kappa shape index (κ1) is 18.5. The molecule has 2 aliphatic rings. The summed E-state index contributed by atoms with van der Waals surface area (Å²) in [4.78, 5) is 29.1. The van der Waals surface area contributed by atoms with Crippen LogP contribution in [0, 0.1) is 0 Å². The van der Waals surface area contributed by atoms with Gasteiger partial charge < -0.3 is 20.2 Å². The number of rotatable bonds is 2. The number of carbonyl (C=O) groups is 2. The number of hydrogen-bond donors (Lipinski definition) is 2. The third-order valence-electron chi connectivity index (χ3n) is 5.54. The van der Waals surface area contributed by atoms with Crippen molar-refractivity contribution in [3.05, 3.63) is 64.7 Å². The summed E-state index contributed by atoms with van der Waals surface area (Å²) < 4.78 is 0. The molecule has 0 radical (unpaired) electrons. The molecule has 0 unspecified atom stereocenters. The maximum atomic E-state index is 12.9. The molecule has 0 atom stereocenters. The number of phenolic OH excluding ortho intramolecular Hbond substituents is 1. The molecule has 2 aromatic rings. The highest BCUT2D eigenvalue weighted by Crippen LogP contribution is 2.19. The number of nitrogens with one attached hydrogen (secondary N) is 1. The summed E-state index contributed by atoms with van der Waals surface area (Å²) in [7, 11) is 0. The van der Waals surface area contributed by atoms with Crippen molar-refractivity contribution < 1.29 is 14.7 Å². The van der Waals surface area contributed by atoms with E-state index in [-0.39, 0.29) is 17.6 Å². The zero-order chi connectivity index (χ0) is 19.5. The van der Waals surface area contributed by atoms with Gasteiger partial charge in [0.05, 0.1) is 0 Å². The molecule has 2 amide bonds. The Labute approximate surface area is 164 Å². The molecular weight excluding hydrogens is 354 g/mol. The van der Waals surface area contributed by atoms with E-state index in [0.717, 1.165) is 31.5 Å². The number of benzene rings is 2. The summed E-state index contributed by atoms with van der Waals surface area (Å²) in [6.07, 6.45) is 1.95. The molecule has 4 rings (SSSR count). The van der Waals surface area contributed by atoms with Crippen molar-refractivity contribution in [1.29, 1.82) is 0 Å². The van der Waals surface area contributed by atoms with E-state index in [9.17, 15) is 14.7 Å². The zero-order valence-corrected chi connectivity index (χ0v) is 15.9. The summed E-state index contributed by atoms with van der Waals surface area (Å²) >= 11 is 0. The summed E-state index contributed by atoms with van der Waals surface area (Å²) in [6, 6.07) is 12.4. The molecular formula is C22H25N3O3. The molecule has 1 saturated heterocycles. The molecule has 2 aromatic carbocycles. The highest BCUT2D eigenvalue weighted by molar-refractivity contribution is 5.96. The smallest absolute Gasteiger partial charge is 0.254 e. The van der Waals surface area contributed by atoms with Crippen molar-refractivity contribution in [3.63, 3.8) is 0 Å². The molecule has 0 saturated carbocycles. The minimum Gasteiger partial charge on any atom is -0.508 e. The SMILES string of the molecule is O=C(c1cccc(O)c1)N1CCN(C(=O)c2ccc3c(c2)CCNCC3)CC1. The first-order valence-corrected chi connectivity index (χ1v) is 9.82. The summed E-state index contributed by atoms with van der Waals surface area (Å²) in [5, 5.41) is 13.0. The normalized spacial score (nSPS) is 17.0. The van der Waals surface area contributed by atoms with Gasteiger partial charge in [0.2, 0.25) is 0 Å². The number of piperazine rings is 1. The van der Waals surface area contributed by atoms with E-state index in [1.165, 1.54) is 17.2 Å². The largest absolute Gasteiger partial charge is 0.508 e. The van der Waals surface area contributed by atoms with Gasteiger partial charge in [-0.25, -0.2) is 0 Å². The summed E-state index contributed by atoms with van der Waals surface area (Å²) in [6.45, 7) is 3.95. The van der Waals surface area contributed by atoms with Crippen molar-refractivity contribution in [2.24, 2.45) is 0 Å². The third-order valence-corrected chi connectivity index (χ3v) is 5.54.